The Balaban J connectivity index is 1.08. The Morgan fingerprint density at radius 2 is 1.66 bits per heavy atom. The van der Waals surface area contributed by atoms with Gasteiger partial charge in [0, 0.05) is 44.0 Å². The van der Waals surface area contributed by atoms with Gasteiger partial charge in [0.25, 0.3) is 5.91 Å². The summed E-state index contributed by atoms with van der Waals surface area (Å²) in [4.78, 5) is 40.4. The van der Waals surface area contributed by atoms with Crippen molar-refractivity contribution in [3.8, 4) is 5.75 Å². The van der Waals surface area contributed by atoms with Crippen LogP contribution in [0.5, 0.6) is 5.75 Å². The van der Waals surface area contributed by atoms with Crippen LogP contribution in [0.4, 0.5) is 16.4 Å². The molecule has 3 aromatic rings. The zero-order valence-corrected chi connectivity index (χ0v) is 21.8. The number of piperazine rings is 1. The maximum atomic E-state index is 12.7. The fourth-order valence-corrected chi connectivity index (χ4v) is 4.83. The highest BCUT2D eigenvalue weighted by molar-refractivity contribution is 6.03. The van der Waals surface area contributed by atoms with Crippen molar-refractivity contribution in [1.29, 1.82) is 0 Å². The van der Waals surface area contributed by atoms with Crippen LogP contribution in [-0.2, 0) is 6.54 Å². The number of anilines is 2. The predicted molar refractivity (Wildman–Crippen MR) is 147 cm³/mol. The van der Waals surface area contributed by atoms with E-state index in [1.54, 1.807) is 17.0 Å². The second-order valence-corrected chi connectivity index (χ2v) is 9.85. The number of ether oxygens (including phenoxy) is 1. The van der Waals surface area contributed by atoms with E-state index in [4.69, 9.17) is 4.74 Å². The molecule has 2 aliphatic heterocycles. The van der Waals surface area contributed by atoms with Gasteiger partial charge in [-0.15, -0.1) is 0 Å². The van der Waals surface area contributed by atoms with Crippen LogP contribution in [-0.4, -0.2) is 71.0 Å². The van der Waals surface area contributed by atoms with Crippen LogP contribution in [0.3, 0.4) is 0 Å². The van der Waals surface area contributed by atoms with E-state index in [1.165, 1.54) is 31.0 Å². The molecule has 2 amide bonds. The van der Waals surface area contributed by atoms with Crippen molar-refractivity contribution >= 4 is 23.6 Å². The summed E-state index contributed by atoms with van der Waals surface area (Å²) < 4.78 is 5.51. The summed E-state index contributed by atoms with van der Waals surface area (Å²) in [6, 6.07) is 16.9. The molecular formula is C29H34N6O3. The molecule has 0 radical (unpaired) electrons. The number of carbonyl (C=O) groups excluding carboxylic acids is 2. The van der Waals surface area contributed by atoms with Crippen LogP contribution in [0.2, 0.25) is 0 Å². The van der Waals surface area contributed by atoms with E-state index >= 15 is 0 Å². The van der Waals surface area contributed by atoms with Crippen LogP contribution in [0.15, 0.2) is 60.8 Å². The number of aromatic nitrogens is 2. The van der Waals surface area contributed by atoms with Crippen molar-refractivity contribution in [2.75, 3.05) is 49.5 Å². The third kappa shape index (κ3) is 6.66. The lowest BCUT2D eigenvalue weighted by Crippen LogP contribution is -2.49. The quantitative estimate of drug-likeness (QED) is 0.523. The summed E-state index contributed by atoms with van der Waals surface area (Å²) in [5.74, 6) is 1.42. The highest BCUT2D eigenvalue weighted by atomic mass is 16.6. The smallest absolute Gasteiger partial charge is 0.409 e. The number of pyridine rings is 2. The molecule has 2 saturated heterocycles. The number of nitrogens with one attached hydrogen (secondary N) is 1. The molecule has 2 aliphatic rings. The first-order valence-electron chi connectivity index (χ1n) is 13.3. The molecule has 0 aliphatic carbocycles. The van der Waals surface area contributed by atoms with Crippen molar-refractivity contribution in [2.45, 2.75) is 32.7 Å². The number of hydrogen-bond donors (Lipinski definition) is 1. The van der Waals surface area contributed by atoms with Crippen molar-refractivity contribution in [3.05, 3.63) is 77.6 Å². The molecular weight excluding hydrogens is 480 g/mol. The highest BCUT2D eigenvalue weighted by Gasteiger charge is 2.23. The minimum absolute atomic E-state index is 0.229. The average molecular weight is 515 g/mol. The van der Waals surface area contributed by atoms with Gasteiger partial charge in [0.05, 0.1) is 6.20 Å². The van der Waals surface area contributed by atoms with Gasteiger partial charge in [-0.05, 0) is 74.8 Å². The van der Waals surface area contributed by atoms with Gasteiger partial charge in [0.2, 0.25) is 0 Å². The van der Waals surface area contributed by atoms with Crippen LogP contribution >= 0.6 is 0 Å². The Morgan fingerprint density at radius 1 is 0.895 bits per heavy atom. The van der Waals surface area contributed by atoms with Crippen LogP contribution < -0.4 is 15.0 Å². The summed E-state index contributed by atoms with van der Waals surface area (Å²) in [7, 11) is 0. The number of likely N-dealkylation sites (tertiary alicyclic amines) is 1. The van der Waals surface area contributed by atoms with Gasteiger partial charge in [-0.3, -0.25) is 9.69 Å². The molecule has 0 bridgehead atoms. The first-order valence-corrected chi connectivity index (χ1v) is 13.3. The SMILES string of the molecule is Cc1cccc(N2CCN(C(=O)Oc3ccc(NC(=O)c4ccc(CN5CCCCC5)cc4)nc3)CC2)n1. The number of carbonyl (C=O) groups is 2. The Kier molecular flexibility index (Phi) is 8.13. The Hall–Kier alpha value is -3.98. The fourth-order valence-electron chi connectivity index (χ4n) is 4.83. The maximum absolute atomic E-state index is 12.7. The molecule has 1 N–H and O–H groups in total. The maximum Gasteiger partial charge on any atom is 0.415 e. The predicted octanol–water partition coefficient (Wildman–Crippen LogP) is 4.34. The van der Waals surface area contributed by atoms with Crippen molar-refractivity contribution < 1.29 is 14.3 Å². The van der Waals surface area contributed by atoms with E-state index < -0.39 is 6.09 Å². The highest BCUT2D eigenvalue weighted by Crippen LogP contribution is 2.18. The van der Waals surface area contributed by atoms with Crippen LogP contribution in [0.1, 0.15) is 40.9 Å². The van der Waals surface area contributed by atoms with E-state index in [-0.39, 0.29) is 5.91 Å². The summed E-state index contributed by atoms with van der Waals surface area (Å²) in [6.07, 6.45) is 4.87. The van der Waals surface area contributed by atoms with E-state index in [0.717, 1.165) is 31.1 Å². The van der Waals surface area contributed by atoms with Gasteiger partial charge >= 0.3 is 6.09 Å². The minimum atomic E-state index is -0.412. The van der Waals surface area contributed by atoms with Crippen LogP contribution in [0.25, 0.3) is 0 Å². The molecule has 0 saturated carbocycles. The second-order valence-electron chi connectivity index (χ2n) is 9.85. The molecule has 0 atom stereocenters. The molecule has 198 valence electrons. The summed E-state index contributed by atoms with van der Waals surface area (Å²) in [5.41, 5.74) is 2.75. The number of aryl methyl sites for hydroxylation is 1. The molecule has 0 unspecified atom stereocenters. The normalized spacial score (nSPS) is 16.2. The molecule has 1 aromatic carbocycles. The lowest BCUT2D eigenvalue weighted by Gasteiger charge is -2.34. The zero-order chi connectivity index (χ0) is 26.3. The molecule has 38 heavy (non-hydrogen) atoms. The minimum Gasteiger partial charge on any atom is -0.409 e. The van der Waals surface area contributed by atoms with Gasteiger partial charge in [0.1, 0.15) is 11.6 Å². The molecule has 2 aromatic heterocycles. The Morgan fingerprint density at radius 3 is 2.34 bits per heavy atom. The number of amides is 2. The Bertz CT molecular complexity index is 1230. The van der Waals surface area contributed by atoms with E-state index in [1.807, 2.05) is 49.4 Å². The zero-order valence-electron chi connectivity index (χ0n) is 21.8. The molecule has 9 nitrogen and oxygen atoms in total. The third-order valence-electron chi connectivity index (χ3n) is 6.99. The third-order valence-corrected chi connectivity index (χ3v) is 6.99. The van der Waals surface area contributed by atoms with Crippen molar-refractivity contribution in [3.63, 3.8) is 0 Å². The first-order chi connectivity index (χ1) is 18.5. The Labute approximate surface area is 223 Å². The molecule has 4 heterocycles. The summed E-state index contributed by atoms with van der Waals surface area (Å²) in [6.45, 7) is 7.64. The summed E-state index contributed by atoms with van der Waals surface area (Å²) in [5, 5.41) is 2.80. The first kappa shape index (κ1) is 25.7. The molecule has 0 spiro atoms. The summed E-state index contributed by atoms with van der Waals surface area (Å²) >= 11 is 0. The van der Waals surface area contributed by atoms with E-state index in [0.29, 0.717) is 43.3 Å². The second kappa shape index (κ2) is 12.0. The van der Waals surface area contributed by atoms with Gasteiger partial charge in [-0.1, -0.05) is 24.6 Å². The number of benzene rings is 1. The molecule has 9 heteroatoms. The van der Waals surface area contributed by atoms with Gasteiger partial charge in [-0.2, -0.15) is 0 Å². The van der Waals surface area contributed by atoms with Crippen LogP contribution in [0, 0.1) is 6.92 Å². The van der Waals surface area contributed by atoms with Crippen molar-refractivity contribution in [1.82, 2.24) is 19.8 Å². The lowest BCUT2D eigenvalue weighted by molar-refractivity contribution is 0.102. The lowest BCUT2D eigenvalue weighted by atomic mass is 10.1. The monoisotopic (exact) mass is 514 g/mol. The van der Waals surface area contributed by atoms with Gasteiger partial charge < -0.3 is 19.9 Å². The largest absolute Gasteiger partial charge is 0.415 e. The standard InChI is InChI=1S/C29H34N6O3/c1-22-6-5-7-27(31-22)34-16-18-35(19-17-34)29(37)38-25-12-13-26(30-20-25)32-28(36)24-10-8-23(9-11-24)21-33-14-3-2-4-15-33/h5-13,20H,2-4,14-19,21H2,1H3,(H,30,32,36). The topological polar surface area (TPSA) is 90.9 Å². The van der Waals surface area contributed by atoms with Gasteiger partial charge in [-0.25, -0.2) is 14.8 Å². The molecule has 5 rings (SSSR count). The number of nitrogens with zero attached hydrogens (tertiary/aromatic N) is 5. The van der Waals surface area contributed by atoms with E-state index in [9.17, 15) is 9.59 Å². The van der Waals surface area contributed by atoms with Gasteiger partial charge in [0.15, 0.2) is 5.75 Å². The molecule has 2 fully saturated rings. The average Bonchev–Trinajstić information content (AvgIpc) is 2.95. The number of rotatable bonds is 6. The van der Waals surface area contributed by atoms with Crippen molar-refractivity contribution in [2.24, 2.45) is 0 Å². The fraction of sp³-hybridized carbons (Fsp3) is 0.379. The number of hydrogen-bond acceptors (Lipinski definition) is 7. The number of piperidine rings is 1. The van der Waals surface area contributed by atoms with E-state index in [2.05, 4.69) is 25.1 Å².